The number of nitrogens with zero attached hydrogens (tertiary/aromatic N) is 2. The summed E-state index contributed by atoms with van der Waals surface area (Å²) in [5.41, 5.74) is 6.05. The first-order chi connectivity index (χ1) is 12.2. The molecule has 0 bridgehead atoms. The third kappa shape index (κ3) is 3.16. The van der Waals surface area contributed by atoms with E-state index in [4.69, 9.17) is 0 Å². The second-order valence-electron chi connectivity index (χ2n) is 5.81. The average Bonchev–Trinajstić information content (AvgIpc) is 3.30. The van der Waals surface area contributed by atoms with Crippen molar-refractivity contribution < 1.29 is 4.79 Å². The van der Waals surface area contributed by atoms with Gasteiger partial charge in [0.15, 0.2) is 5.82 Å². The monoisotopic (exact) mass is 348 g/mol. The SMILES string of the molecule is CC(C(=O)Nc1ccc2nc(-c3cscn3)[nH]c2c1)c1ccccc1. The predicted octanol–water partition coefficient (Wildman–Crippen LogP) is 4.43. The van der Waals surface area contributed by atoms with E-state index in [0.717, 1.165) is 33.8 Å². The average molecular weight is 348 g/mol. The van der Waals surface area contributed by atoms with Crippen LogP contribution in [0.25, 0.3) is 22.6 Å². The van der Waals surface area contributed by atoms with Crippen LogP contribution >= 0.6 is 11.3 Å². The smallest absolute Gasteiger partial charge is 0.231 e. The lowest BCUT2D eigenvalue weighted by Crippen LogP contribution is -2.18. The molecule has 2 aromatic heterocycles. The Labute approximate surface area is 148 Å². The predicted molar refractivity (Wildman–Crippen MR) is 101 cm³/mol. The van der Waals surface area contributed by atoms with E-state index < -0.39 is 0 Å². The molecule has 0 saturated heterocycles. The molecule has 1 unspecified atom stereocenters. The van der Waals surface area contributed by atoms with Gasteiger partial charge < -0.3 is 10.3 Å². The number of imidazole rings is 1. The van der Waals surface area contributed by atoms with Crippen molar-refractivity contribution in [2.24, 2.45) is 0 Å². The number of nitrogens with one attached hydrogen (secondary N) is 2. The van der Waals surface area contributed by atoms with Crippen LogP contribution in [0.15, 0.2) is 59.4 Å². The maximum Gasteiger partial charge on any atom is 0.231 e. The third-order valence-electron chi connectivity index (χ3n) is 4.12. The van der Waals surface area contributed by atoms with E-state index in [1.54, 1.807) is 5.51 Å². The Morgan fingerprint density at radius 1 is 1.20 bits per heavy atom. The van der Waals surface area contributed by atoms with Crippen LogP contribution < -0.4 is 5.32 Å². The van der Waals surface area contributed by atoms with E-state index in [9.17, 15) is 4.79 Å². The summed E-state index contributed by atoms with van der Waals surface area (Å²) in [5, 5.41) is 4.92. The molecule has 2 N–H and O–H groups in total. The van der Waals surface area contributed by atoms with Crippen molar-refractivity contribution >= 4 is 34.0 Å². The van der Waals surface area contributed by atoms with Gasteiger partial charge in [-0.3, -0.25) is 4.79 Å². The lowest BCUT2D eigenvalue weighted by Gasteiger charge is -2.12. The number of anilines is 1. The number of thiazole rings is 1. The molecular weight excluding hydrogens is 332 g/mol. The summed E-state index contributed by atoms with van der Waals surface area (Å²) in [5.74, 6) is 0.478. The fraction of sp³-hybridized carbons (Fsp3) is 0.105. The Balaban J connectivity index is 1.56. The first-order valence-electron chi connectivity index (χ1n) is 7.95. The van der Waals surface area contributed by atoms with Gasteiger partial charge in [0.1, 0.15) is 5.69 Å². The Morgan fingerprint density at radius 3 is 2.80 bits per heavy atom. The number of aromatic amines is 1. The van der Waals surface area contributed by atoms with Crippen molar-refractivity contribution in [2.75, 3.05) is 5.32 Å². The minimum Gasteiger partial charge on any atom is -0.337 e. The Kier molecular flexibility index (Phi) is 4.03. The summed E-state index contributed by atoms with van der Waals surface area (Å²) in [6.45, 7) is 1.90. The van der Waals surface area contributed by atoms with Gasteiger partial charge in [-0.25, -0.2) is 9.97 Å². The van der Waals surface area contributed by atoms with Gasteiger partial charge in [0.2, 0.25) is 5.91 Å². The van der Waals surface area contributed by atoms with Crippen LogP contribution in [0.2, 0.25) is 0 Å². The van der Waals surface area contributed by atoms with Crippen molar-refractivity contribution in [3.8, 4) is 11.5 Å². The van der Waals surface area contributed by atoms with Gasteiger partial charge in [0.05, 0.1) is 22.5 Å². The van der Waals surface area contributed by atoms with Crippen LogP contribution in [0, 0.1) is 0 Å². The number of aromatic nitrogens is 3. The third-order valence-corrected chi connectivity index (χ3v) is 4.70. The van der Waals surface area contributed by atoms with Crippen molar-refractivity contribution in [3.05, 3.63) is 65.0 Å². The van der Waals surface area contributed by atoms with Crippen LogP contribution in [0.5, 0.6) is 0 Å². The maximum absolute atomic E-state index is 12.5. The molecule has 2 heterocycles. The summed E-state index contributed by atoms with van der Waals surface area (Å²) in [6.07, 6.45) is 0. The summed E-state index contributed by atoms with van der Waals surface area (Å²) >= 11 is 1.53. The van der Waals surface area contributed by atoms with Crippen LogP contribution in [-0.2, 0) is 4.79 Å². The summed E-state index contributed by atoms with van der Waals surface area (Å²) in [6, 6.07) is 15.4. The molecule has 25 heavy (non-hydrogen) atoms. The van der Waals surface area contributed by atoms with Gasteiger partial charge in [-0.1, -0.05) is 30.3 Å². The van der Waals surface area contributed by atoms with E-state index in [1.165, 1.54) is 11.3 Å². The molecule has 0 spiro atoms. The van der Waals surface area contributed by atoms with Crippen LogP contribution in [0.1, 0.15) is 18.4 Å². The van der Waals surface area contributed by atoms with Crippen molar-refractivity contribution in [1.29, 1.82) is 0 Å². The minimum atomic E-state index is -0.218. The number of carbonyl (C=O) groups excluding carboxylic acids is 1. The van der Waals surface area contributed by atoms with E-state index in [2.05, 4.69) is 20.3 Å². The lowest BCUT2D eigenvalue weighted by molar-refractivity contribution is -0.117. The van der Waals surface area contributed by atoms with Crippen LogP contribution in [0.4, 0.5) is 5.69 Å². The van der Waals surface area contributed by atoms with E-state index in [0.29, 0.717) is 0 Å². The number of hydrogen-bond acceptors (Lipinski definition) is 4. The second-order valence-corrected chi connectivity index (χ2v) is 6.53. The molecule has 0 fully saturated rings. The molecule has 4 aromatic rings. The zero-order valence-corrected chi connectivity index (χ0v) is 14.4. The lowest BCUT2D eigenvalue weighted by atomic mass is 10.0. The number of H-pyrrole nitrogens is 1. The first kappa shape index (κ1) is 15.5. The normalized spacial score (nSPS) is 12.2. The van der Waals surface area contributed by atoms with Gasteiger partial charge in [0.25, 0.3) is 0 Å². The molecule has 0 aliphatic heterocycles. The maximum atomic E-state index is 12.5. The Hall–Kier alpha value is -2.99. The fourth-order valence-corrected chi connectivity index (χ4v) is 3.22. The number of benzene rings is 2. The number of carbonyl (C=O) groups is 1. The number of hydrogen-bond donors (Lipinski definition) is 2. The second kappa shape index (κ2) is 6.49. The molecular formula is C19H16N4OS. The highest BCUT2D eigenvalue weighted by molar-refractivity contribution is 7.07. The van der Waals surface area contributed by atoms with Gasteiger partial charge >= 0.3 is 0 Å². The van der Waals surface area contributed by atoms with Gasteiger partial charge in [-0.05, 0) is 30.7 Å². The quantitative estimate of drug-likeness (QED) is 0.573. The summed E-state index contributed by atoms with van der Waals surface area (Å²) in [4.78, 5) is 24.5. The first-order valence-corrected chi connectivity index (χ1v) is 8.89. The van der Waals surface area contributed by atoms with Crippen LogP contribution in [0.3, 0.4) is 0 Å². The fourth-order valence-electron chi connectivity index (χ4n) is 2.68. The molecule has 0 saturated carbocycles. The molecule has 0 aliphatic carbocycles. The standard InChI is InChI=1S/C19H16N4OS/c1-12(13-5-3-2-4-6-13)19(24)21-14-7-8-15-16(9-14)23-18(22-15)17-10-25-11-20-17/h2-12H,1H3,(H,21,24)(H,22,23). The minimum absolute atomic E-state index is 0.0372. The van der Waals surface area contributed by atoms with E-state index in [-0.39, 0.29) is 11.8 Å². The molecule has 1 amide bonds. The highest BCUT2D eigenvalue weighted by atomic mass is 32.1. The van der Waals surface area contributed by atoms with Gasteiger partial charge in [-0.2, -0.15) is 0 Å². The molecule has 6 heteroatoms. The van der Waals surface area contributed by atoms with Gasteiger partial charge in [-0.15, -0.1) is 11.3 Å². The van der Waals surface area contributed by atoms with Crippen molar-refractivity contribution in [2.45, 2.75) is 12.8 Å². The highest BCUT2D eigenvalue weighted by Crippen LogP contribution is 2.24. The molecule has 0 radical (unpaired) electrons. The van der Waals surface area contributed by atoms with Gasteiger partial charge in [0, 0.05) is 11.1 Å². The molecule has 0 aliphatic rings. The summed E-state index contributed by atoms with van der Waals surface area (Å²) < 4.78 is 0. The largest absolute Gasteiger partial charge is 0.337 e. The molecule has 4 rings (SSSR count). The number of amides is 1. The Morgan fingerprint density at radius 2 is 2.04 bits per heavy atom. The molecule has 1 atom stereocenters. The number of rotatable bonds is 4. The number of fused-ring (bicyclic) bond motifs is 1. The zero-order valence-electron chi connectivity index (χ0n) is 13.6. The van der Waals surface area contributed by atoms with E-state index >= 15 is 0 Å². The topological polar surface area (TPSA) is 70.7 Å². The Bertz CT molecular complexity index is 1010. The zero-order chi connectivity index (χ0) is 17.2. The molecule has 2 aromatic carbocycles. The summed E-state index contributed by atoms with van der Waals surface area (Å²) in [7, 11) is 0. The van der Waals surface area contributed by atoms with Crippen molar-refractivity contribution in [1.82, 2.24) is 15.0 Å². The molecule has 124 valence electrons. The van der Waals surface area contributed by atoms with E-state index in [1.807, 2.05) is 60.8 Å². The molecule has 5 nitrogen and oxygen atoms in total. The van der Waals surface area contributed by atoms with Crippen LogP contribution in [-0.4, -0.2) is 20.9 Å². The van der Waals surface area contributed by atoms with Crippen molar-refractivity contribution in [3.63, 3.8) is 0 Å². The highest BCUT2D eigenvalue weighted by Gasteiger charge is 2.15.